The van der Waals surface area contributed by atoms with Crippen LogP contribution in [-0.2, 0) is 0 Å². The molecule has 0 atom stereocenters. The minimum Gasteiger partial charge on any atom is -0.294 e. The molecule has 1 aromatic carbocycles. The van der Waals surface area contributed by atoms with Crippen molar-refractivity contribution in [3.8, 4) is 0 Å². The first kappa shape index (κ1) is 9.04. The van der Waals surface area contributed by atoms with Crippen LogP contribution in [-0.4, -0.2) is 10.8 Å². The van der Waals surface area contributed by atoms with Gasteiger partial charge in [0, 0.05) is 11.5 Å². The summed E-state index contributed by atoms with van der Waals surface area (Å²) < 4.78 is 1.14. The molecule has 0 bridgehead atoms. The van der Waals surface area contributed by atoms with Crippen LogP contribution < -0.4 is 0 Å². The third-order valence-electron chi connectivity index (χ3n) is 2.74. The second kappa shape index (κ2) is 3.14. The van der Waals surface area contributed by atoms with E-state index in [0.717, 1.165) is 15.8 Å². The molecule has 1 aromatic heterocycles. The summed E-state index contributed by atoms with van der Waals surface area (Å²) in [7, 11) is 0. The zero-order valence-corrected chi connectivity index (χ0v) is 9.30. The predicted molar refractivity (Wildman–Crippen MR) is 61.6 cm³/mol. The van der Waals surface area contributed by atoms with Gasteiger partial charge in [-0.1, -0.05) is 6.07 Å². The van der Waals surface area contributed by atoms with Crippen LogP contribution in [0.15, 0.2) is 18.2 Å². The Morgan fingerprint density at radius 3 is 2.93 bits per heavy atom. The molecule has 1 saturated carbocycles. The van der Waals surface area contributed by atoms with E-state index in [4.69, 9.17) is 0 Å². The lowest BCUT2D eigenvalue weighted by Crippen LogP contribution is -1.92. The van der Waals surface area contributed by atoms with Crippen molar-refractivity contribution in [2.75, 3.05) is 0 Å². The van der Waals surface area contributed by atoms with Gasteiger partial charge in [0.25, 0.3) is 0 Å². The Bertz CT molecular complexity index is 540. The van der Waals surface area contributed by atoms with Crippen molar-refractivity contribution < 1.29 is 4.79 Å². The molecule has 1 fully saturated rings. The second-order valence-electron chi connectivity index (χ2n) is 4.03. The molecular formula is C12H11NOS. The molecule has 0 saturated heterocycles. The SMILES string of the molecule is CC(=O)c1cccc2sc(C3CC3)nc12. The van der Waals surface area contributed by atoms with Crippen molar-refractivity contribution >= 4 is 27.3 Å². The third kappa shape index (κ3) is 1.47. The number of nitrogens with zero attached hydrogens (tertiary/aromatic N) is 1. The van der Waals surface area contributed by atoms with Crippen molar-refractivity contribution in [2.24, 2.45) is 0 Å². The maximum Gasteiger partial charge on any atom is 0.162 e. The number of carbonyl (C=O) groups is 1. The molecule has 0 unspecified atom stereocenters. The normalized spacial score (nSPS) is 15.8. The van der Waals surface area contributed by atoms with Gasteiger partial charge in [0.05, 0.1) is 15.2 Å². The van der Waals surface area contributed by atoms with Gasteiger partial charge in [-0.2, -0.15) is 0 Å². The summed E-state index contributed by atoms with van der Waals surface area (Å²) in [6.45, 7) is 1.60. The Balaban J connectivity index is 2.23. The molecule has 0 radical (unpaired) electrons. The van der Waals surface area contributed by atoms with Gasteiger partial charge in [0.1, 0.15) is 0 Å². The fourth-order valence-electron chi connectivity index (χ4n) is 1.75. The maximum atomic E-state index is 11.4. The Kier molecular flexibility index (Phi) is 1.89. The molecule has 1 aliphatic carbocycles. The average molecular weight is 217 g/mol. The summed E-state index contributed by atoms with van der Waals surface area (Å²) in [4.78, 5) is 16.0. The van der Waals surface area contributed by atoms with Gasteiger partial charge in [-0.05, 0) is 31.9 Å². The standard InChI is InChI=1S/C12H11NOS/c1-7(14)9-3-2-4-10-11(9)13-12(15-10)8-5-6-8/h2-4,8H,5-6H2,1H3. The molecule has 1 aliphatic rings. The van der Waals surface area contributed by atoms with Gasteiger partial charge in [-0.15, -0.1) is 11.3 Å². The van der Waals surface area contributed by atoms with Crippen LogP contribution in [0.4, 0.5) is 0 Å². The van der Waals surface area contributed by atoms with Crippen LogP contribution in [0.2, 0.25) is 0 Å². The minimum absolute atomic E-state index is 0.105. The smallest absolute Gasteiger partial charge is 0.162 e. The van der Waals surface area contributed by atoms with Crippen molar-refractivity contribution in [3.63, 3.8) is 0 Å². The lowest BCUT2D eigenvalue weighted by Gasteiger charge is -1.94. The van der Waals surface area contributed by atoms with E-state index in [1.807, 2.05) is 18.2 Å². The Hall–Kier alpha value is -1.22. The highest BCUT2D eigenvalue weighted by molar-refractivity contribution is 7.18. The third-order valence-corrected chi connectivity index (χ3v) is 3.92. The topological polar surface area (TPSA) is 30.0 Å². The minimum atomic E-state index is 0.105. The number of fused-ring (bicyclic) bond motifs is 1. The van der Waals surface area contributed by atoms with E-state index >= 15 is 0 Å². The van der Waals surface area contributed by atoms with Crippen molar-refractivity contribution in [2.45, 2.75) is 25.7 Å². The van der Waals surface area contributed by atoms with Gasteiger partial charge in [-0.3, -0.25) is 4.79 Å². The highest BCUT2D eigenvalue weighted by atomic mass is 32.1. The molecule has 2 aromatic rings. The van der Waals surface area contributed by atoms with Gasteiger partial charge in [0.15, 0.2) is 5.78 Å². The molecule has 0 spiro atoms. The molecule has 0 aliphatic heterocycles. The van der Waals surface area contributed by atoms with Crippen LogP contribution in [0.5, 0.6) is 0 Å². The van der Waals surface area contributed by atoms with E-state index < -0.39 is 0 Å². The first-order chi connectivity index (χ1) is 7.25. The summed E-state index contributed by atoms with van der Waals surface area (Å²) in [5.41, 5.74) is 1.66. The van der Waals surface area contributed by atoms with Gasteiger partial charge in [-0.25, -0.2) is 4.98 Å². The molecule has 0 N–H and O–H groups in total. The fourth-order valence-corrected chi connectivity index (χ4v) is 2.92. The van der Waals surface area contributed by atoms with E-state index in [1.165, 1.54) is 17.8 Å². The summed E-state index contributed by atoms with van der Waals surface area (Å²) in [6.07, 6.45) is 2.52. The van der Waals surface area contributed by atoms with Crippen LogP contribution in [0, 0.1) is 0 Å². The fraction of sp³-hybridized carbons (Fsp3) is 0.333. The molecule has 1 heterocycles. The van der Waals surface area contributed by atoms with Crippen molar-refractivity contribution in [1.82, 2.24) is 4.98 Å². The number of hydrogen-bond donors (Lipinski definition) is 0. The quantitative estimate of drug-likeness (QED) is 0.722. The number of aromatic nitrogens is 1. The Labute approximate surface area is 92.0 Å². The Morgan fingerprint density at radius 2 is 2.27 bits per heavy atom. The first-order valence-corrected chi connectivity index (χ1v) is 5.98. The lowest BCUT2D eigenvalue weighted by atomic mass is 10.1. The van der Waals surface area contributed by atoms with E-state index in [9.17, 15) is 4.79 Å². The monoisotopic (exact) mass is 217 g/mol. The predicted octanol–water partition coefficient (Wildman–Crippen LogP) is 3.38. The number of hydrogen-bond acceptors (Lipinski definition) is 3. The van der Waals surface area contributed by atoms with Gasteiger partial charge in [0.2, 0.25) is 0 Å². The summed E-state index contributed by atoms with van der Waals surface area (Å²) in [5.74, 6) is 0.774. The molecule has 3 heteroatoms. The highest BCUT2D eigenvalue weighted by Gasteiger charge is 2.27. The second-order valence-corrected chi connectivity index (χ2v) is 5.10. The number of carbonyl (C=O) groups excluding carboxylic acids is 1. The molecule has 3 rings (SSSR count). The number of rotatable bonds is 2. The Morgan fingerprint density at radius 1 is 1.47 bits per heavy atom. The van der Waals surface area contributed by atoms with Crippen LogP contribution >= 0.6 is 11.3 Å². The van der Waals surface area contributed by atoms with E-state index in [2.05, 4.69) is 4.98 Å². The molecule has 15 heavy (non-hydrogen) atoms. The zero-order chi connectivity index (χ0) is 10.4. The number of para-hydroxylation sites is 1. The number of thiazole rings is 1. The van der Waals surface area contributed by atoms with Crippen molar-refractivity contribution in [3.05, 3.63) is 28.8 Å². The van der Waals surface area contributed by atoms with Crippen molar-refractivity contribution in [1.29, 1.82) is 0 Å². The van der Waals surface area contributed by atoms with Crippen LogP contribution in [0.1, 0.15) is 41.0 Å². The summed E-state index contributed by atoms with van der Waals surface area (Å²) >= 11 is 1.74. The van der Waals surface area contributed by atoms with Gasteiger partial charge >= 0.3 is 0 Å². The largest absolute Gasteiger partial charge is 0.294 e. The molecule has 76 valence electrons. The lowest BCUT2D eigenvalue weighted by molar-refractivity contribution is 0.101. The number of ketones is 1. The van der Waals surface area contributed by atoms with Gasteiger partial charge < -0.3 is 0 Å². The molecule has 0 amide bonds. The zero-order valence-electron chi connectivity index (χ0n) is 8.49. The first-order valence-electron chi connectivity index (χ1n) is 5.16. The average Bonchev–Trinajstić information content (AvgIpc) is 2.96. The number of Topliss-reactive ketones (excluding diaryl/α,β-unsaturated/α-hetero) is 1. The maximum absolute atomic E-state index is 11.4. The highest BCUT2D eigenvalue weighted by Crippen LogP contribution is 2.43. The van der Waals surface area contributed by atoms with E-state index in [-0.39, 0.29) is 5.78 Å². The van der Waals surface area contributed by atoms with Crippen LogP contribution in [0.3, 0.4) is 0 Å². The summed E-state index contributed by atoms with van der Waals surface area (Å²) in [6, 6.07) is 5.85. The molecule has 2 nitrogen and oxygen atoms in total. The summed E-state index contributed by atoms with van der Waals surface area (Å²) in [5, 5.41) is 1.21. The molecular weight excluding hydrogens is 206 g/mol. The van der Waals surface area contributed by atoms with E-state index in [0.29, 0.717) is 5.92 Å². The number of benzene rings is 1. The van der Waals surface area contributed by atoms with E-state index in [1.54, 1.807) is 18.3 Å². The van der Waals surface area contributed by atoms with Crippen LogP contribution in [0.25, 0.3) is 10.2 Å².